The summed E-state index contributed by atoms with van der Waals surface area (Å²) in [7, 11) is 0. The maximum Gasteiger partial charge on any atom is 0.306 e. The highest BCUT2D eigenvalue weighted by Crippen LogP contribution is 2.18. The number of hydrogen-bond acceptors (Lipinski definition) is 5. The maximum absolute atomic E-state index is 12.2. The van der Waals surface area contributed by atoms with Gasteiger partial charge in [0.05, 0.1) is 6.61 Å². The van der Waals surface area contributed by atoms with Crippen LogP contribution in [0.2, 0.25) is 0 Å². The molecule has 0 spiro atoms. The fraction of sp³-hybridized carbons (Fsp3) is 0.833. The van der Waals surface area contributed by atoms with Gasteiger partial charge >= 0.3 is 11.9 Å². The molecular formula is C60H110O5. The second-order valence-electron chi connectivity index (χ2n) is 19.3. The van der Waals surface area contributed by atoms with Gasteiger partial charge in [0.1, 0.15) is 6.61 Å². The molecule has 1 N–H and O–H groups in total. The first-order valence-corrected chi connectivity index (χ1v) is 28.7. The Bertz CT molecular complexity index is 1080. The molecule has 1 unspecified atom stereocenters. The average Bonchev–Trinajstić information content (AvgIpc) is 3.31. The van der Waals surface area contributed by atoms with Crippen molar-refractivity contribution in [1.29, 1.82) is 0 Å². The minimum Gasteiger partial charge on any atom is -0.462 e. The Morgan fingerprint density at radius 3 is 1.00 bits per heavy atom. The van der Waals surface area contributed by atoms with E-state index in [1.807, 2.05) is 0 Å². The third-order valence-corrected chi connectivity index (χ3v) is 12.9. The molecule has 5 heteroatoms. The molecule has 0 radical (unpaired) electrons. The van der Waals surface area contributed by atoms with Gasteiger partial charge in [-0.3, -0.25) is 9.59 Å². The van der Waals surface area contributed by atoms with Gasteiger partial charge in [0.25, 0.3) is 0 Å². The molecule has 0 rings (SSSR count). The molecule has 65 heavy (non-hydrogen) atoms. The van der Waals surface area contributed by atoms with E-state index in [1.165, 1.54) is 212 Å². The Balaban J connectivity index is 3.33. The zero-order valence-corrected chi connectivity index (χ0v) is 43.5. The molecule has 0 heterocycles. The summed E-state index contributed by atoms with van der Waals surface area (Å²) in [5.41, 5.74) is 0. The number of aliphatic hydroxyl groups is 1. The minimum atomic E-state index is -0.765. The first-order chi connectivity index (χ1) is 32.1. The molecule has 0 bridgehead atoms. The van der Waals surface area contributed by atoms with Gasteiger partial charge < -0.3 is 14.6 Å². The smallest absolute Gasteiger partial charge is 0.306 e. The molecule has 0 amide bonds. The molecule has 0 aliphatic carbocycles. The Labute approximate surface area is 405 Å². The molecule has 0 aromatic rings. The maximum atomic E-state index is 12.2. The molecule has 0 aliphatic rings. The van der Waals surface area contributed by atoms with Crippen LogP contribution >= 0.6 is 0 Å². The fourth-order valence-electron chi connectivity index (χ4n) is 8.61. The predicted molar refractivity (Wildman–Crippen MR) is 284 cm³/mol. The lowest BCUT2D eigenvalue weighted by Gasteiger charge is -2.15. The zero-order valence-electron chi connectivity index (χ0n) is 43.5. The molecule has 0 aliphatic heterocycles. The van der Waals surface area contributed by atoms with Crippen LogP contribution in [0.1, 0.15) is 303 Å². The number of hydrogen-bond donors (Lipinski definition) is 1. The van der Waals surface area contributed by atoms with E-state index in [4.69, 9.17) is 9.47 Å². The summed E-state index contributed by atoms with van der Waals surface area (Å²) < 4.78 is 10.6. The van der Waals surface area contributed by atoms with E-state index < -0.39 is 6.10 Å². The summed E-state index contributed by atoms with van der Waals surface area (Å²) in [5, 5.41) is 9.59. The van der Waals surface area contributed by atoms with Gasteiger partial charge in [0, 0.05) is 12.8 Å². The lowest BCUT2D eigenvalue weighted by Crippen LogP contribution is -2.28. The highest BCUT2D eigenvalue weighted by Gasteiger charge is 2.16. The van der Waals surface area contributed by atoms with Gasteiger partial charge in [-0.2, -0.15) is 0 Å². The van der Waals surface area contributed by atoms with Crippen molar-refractivity contribution in [3.63, 3.8) is 0 Å². The van der Waals surface area contributed by atoms with Crippen molar-refractivity contribution in [2.24, 2.45) is 0 Å². The number of aliphatic hydroxyl groups excluding tert-OH is 1. The van der Waals surface area contributed by atoms with Crippen LogP contribution in [0.3, 0.4) is 0 Å². The Hall–Kier alpha value is -2.14. The predicted octanol–water partition coefficient (Wildman–Crippen LogP) is 19.3. The molecule has 0 fully saturated rings. The summed E-state index contributed by atoms with van der Waals surface area (Å²) in [5.74, 6) is -0.577. The van der Waals surface area contributed by atoms with Crippen LogP contribution < -0.4 is 0 Å². The van der Waals surface area contributed by atoms with Crippen molar-refractivity contribution in [2.45, 2.75) is 309 Å². The van der Waals surface area contributed by atoms with Crippen LogP contribution in [0.25, 0.3) is 0 Å². The van der Waals surface area contributed by atoms with Gasteiger partial charge in [-0.05, 0) is 51.4 Å². The Morgan fingerprint density at radius 1 is 0.369 bits per heavy atom. The van der Waals surface area contributed by atoms with Crippen LogP contribution in [0.4, 0.5) is 0 Å². The lowest BCUT2D eigenvalue weighted by atomic mass is 10.0. The monoisotopic (exact) mass is 911 g/mol. The van der Waals surface area contributed by atoms with E-state index in [-0.39, 0.29) is 25.2 Å². The molecule has 5 nitrogen and oxygen atoms in total. The zero-order chi connectivity index (χ0) is 47.0. The summed E-state index contributed by atoms with van der Waals surface area (Å²) in [6, 6.07) is 0. The van der Waals surface area contributed by atoms with Crippen molar-refractivity contribution in [3.8, 4) is 0 Å². The van der Waals surface area contributed by atoms with Gasteiger partial charge in [0.15, 0.2) is 6.10 Å². The fourth-order valence-corrected chi connectivity index (χ4v) is 8.61. The van der Waals surface area contributed by atoms with E-state index >= 15 is 0 Å². The van der Waals surface area contributed by atoms with Crippen molar-refractivity contribution >= 4 is 11.9 Å². The second kappa shape index (κ2) is 56.2. The minimum absolute atomic E-state index is 0.0595. The van der Waals surface area contributed by atoms with Gasteiger partial charge in [0.2, 0.25) is 0 Å². The third-order valence-electron chi connectivity index (χ3n) is 12.9. The van der Waals surface area contributed by atoms with Crippen LogP contribution in [0, 0.1) is 0 Å². The first-order valence-electron chi connectivity index (χ1n) is 28.7. The van der Waals surface area contributed by atoms with Crippen molar-refractivity contribution in [1.82, 2.24) is 0 Å². The van der Waals surface area contributed by atoms with Crippen molar-refractivity contribution < 1.29 is 24.2 Å². The van der Waals surface area contributed by atoms with E-state index in [0.717, 1.165) is 64.2 Å². The number of ether oxygens (including phenoxy) is 2. The van der Waals surface area contributed by atoms with E-state index in [1.54, 1.807) is 0 Å². The molecule has 1 atom stereocenters. The standard InChI is InChI=1S/C60H110O5/c1-3-5-7-9-11-13-15-16-17-18-19-20-21-22-23-24-25-26-27-28-29-30-31-32-33-34-35-36-37-38-39-40-41-42-43-44-45-47-49-51-53-55-60(63)65-58(56-61)57-64-59(62)54-52-50-48-46-14-12-10-8-6-4-2/h5,7,11,13,16-17,19-20,58,61H,3-4,6,8-10,12,14-15,18,21-57H2,1-2H3/b7-5-,13-11-,17-16-,20-19-. The topological polar surface area (TPSA) is 72.8 Å². The highest BCUT2D eigenvalue weighted by molar-refractivity contribution is 5.70. The lowest BCUT2D eigenvalue weighted by molar-refractivity contribution is -0.161. The van der Waals surface area contributed by atoms with Gasteiger partial charge in [-0.15, -0.1) is 0 Å². The SMILES string of the molecule is CC/C=C\C/C=C\C/C=C\C/C=C\CCCCCCCCCCCCCCCCCCCCCCCCCCCCCCC(=O)OC(CO)COC(=O)CCCCCCCCCCCC. The molecular weight excluding hydrogens is 801 g/mol. The number of carbonyl (C=O) groups is 2. The summed E-state index contributed by atoms with van der Waals surface area (Å²) in [4.78, 5) is 24.3. The third kappa shape index (κ3) is 54.4. The van der Waals surface area contributed by atoms with E-state index in [9.17, 15) is 14.7 Å². The van der Waals surface area contributed by atoms with E-state index in [0.29, 0.717) is 12.8 Å². The number of esters is 2. The Morgan fingerprint density at radius 2 is 0.662 bits per heavy atom. The summed E-state index contributed by atoms with van der Waals surface area (Å²) in [6.45, 7) is 4.04. The van der Waals surface area contributed by atoms with Crippen LogP contribution in [-0.2, 0) is 19.1 Å². The van der Waals surface area contributed by atoms with Crippen LogP contribution in [-0.4, -0.2) is 36.4 Å². The van der Waals surface area contributed by atoms with E-state index in [2.05, 4.69) is 62.5 Å². The van der Waals surface area contributed by atoms with Gasteiger partial charge in [-0.25, -0.2) is 0 Å². The molecule has 0 saturated heterocycles. The summed E-state index contributed by atoms with van der Waals surface area (Å²) in [6.07, 6.45) is 74.1. The average molecular weight is 912 g/mol. The number of carbonyl (C=O) groups excluding carboxylic acids is 2. The van der Waals surface area contributed by atoms with Crippen LogP contribution in [0.15, 0.2) is 48.6 Å². The number of allylic oxidation sites excluding steroid dienone is 8. The molecule has 0 aromatic carbocycles. The van der Waals surface area contributed by atoms with Crippen molar-refractivity contribution in [2.75, 3.05) is 13.2 Å². The number of unbranched alkanes of at least 4 members (excludes halogenated alkanes) is 37. The van der Waals surface area contributed by atoms with Gasteiger partial charge in [-0.1, -0.05) is 287 Å². The quantitative estimate of drug-likeness (QED) is 0.0374. The largest absolute Gasteiger partial charge is 0.462 e. The van der Waals surface area contributed by atoms with Crippen molar-refractivity contribution in [3.05, 3.63) is 48.6 Å². The second-order valence-corrected chi connectivity index (χ2v) is 19.3. The Kier molecular flexibility index (Phi) is 54.3. The number of rotatable bonds is 53. The molecule has 380 valence electrons. The van der Waals surface area contributed by atoms with Crippen LogP contribution in [0.5, 0.6) is 0 Å². The normalized spacial score (nSPS) is 12.5. The molecule has 0 aromatic heterocycles. The first kappa shape index (κ1) is 62.9. The summed E-state index contributed by atoms with van der Waals surface area (Å²) >= 11 is 0. The molecule has 0 saturated carbocycles. The highest BCUT2D eigenvalue weighted by atomic mass is 16.6.